The van der Waals surface area contributed by atoms with Crippen LogP contribution in [0.5, 0.6) is 5.75 Å². The van der Waals surface area contributed by atoms with Crippen molar-refractivity contribution in [2.24, 2.45) is 5.73 Å². The van der Waals surface area contributed by atoms with Gasteiger partial charge in [-0.1, -0.05) is 47.1 Å². The van der Waals surface area contributed by atoms with Crippen LogP contribution in [-0.4, -0.2) is 41.1 Å². The fourth-order valence-corrected chi connectivity index (χ4v) is 6.33. The molecule has 2 N–H and O–H groups in total. The van der Waals surface area contributed by atoms with E-state index in [1.54, 1.807) is 31.4 Å². The lowest BCUT2D eigenvalue weighted by Crippen LogP contribution is -2.68. The maximum absolute atomic E-state index is 13.1. The van der Waals surface area contributed by atoms with Gasteiger partial charge in [-0.05, 0) is 42.3 Å². The number of amides is 1. The lowest BCUT2D eigenvalue weighted by atomic mass is 10.1. The van der Waals surface area contributed by atoms with Crippen molar-refractivity contribution in [1.82, 2.24) is 4.90 Å². The molecule has 2 atom stereocenters. The summed E-state index contributed by atoms with van der Waals surface area (Å²) in [5.74, 6) is 0.354. The number of hydrogen-bond donors (Lipinski definition) is 1. The summed E-state index contributed by atoms with van der Waals surface area (Å²) in [4.78, 5) is 28.5. The Bertz CT molecular complexity index is 1110. The normalized spacial score (nSPS) is 20.0. The van der Waals surface area contributed by atoms with Crippen LogP contribution in [-0.2, 0) is 20.9 Å². The Kier molecular flexibility index (Phi) is 6.97. The molecule has 10 heteroatoms. The third-order valence-electron chi connectivity index (χ3n) is 5.21. The fourth-order valence-electron chi connectivity index (χ4n) is 3.34. The van der Waals surface area contributed by atoms with Gasteiger partial charge in [-0.25, -0.2) is 4.79 Å². The largest absolute Gasteiger partial charge is 0.497 e. The van der Waals surface area contributed by atoms with Crippen molar-refractivity contribution in [2.75, 3.05) is 12.9 Å². The first-order valence-corrected chi connectivity index (χ1v) is 12.3. The van der Waals surface area contributed by atoms with Gasteiger partial charge in [-0.2, -0.15) is 0 Å². The second kappa shape index (κ2) is 9.57. The number of carbonyl (C=O) groups is 2. The molecule has 0 radical (unpaired) electrons. The summed E-state index contributed by atoms with van der Waals surface area (Å²) in [5.41, 5.74) is 7.73. The highest BCUT2D eigenvalue weighted by atomic mass is 35.5. The number of nitrogens with two attached hydrogens (primary N) is 1. The van der Waals surface area contributed by atoms with Gasteiger partial charge in [0.15, 0.2) is 0 Å². The van der Waals surface area contributed by atoms with E-state index in [1.165, 1.54) is 28.4 Å². The van der Waals surface area contributed by atoms with Gasteiger partial charge in [-0.15, -0.1) is 11.8 Å². The molecule has 0 spiro atoms. The quantitative estimate of drug-likeness (QED) is 0.449. The van der Waals surface area contributed by atoms with Crippen molar-refractivity contribution >= 4 is 58.6 Å². The van der Waals surface area contributed by atoms with Crippen LogP contribution in [0.1, 0.15) is 11.1 Å². The molecule has 4 rings (SSSR count). The predicted molar refractivity (Wildman–Crippen MR) is 128 cm³/mol. The smallest absolute Gasteiger partial charge is 0.356 e. The minimum absolute atomic E-state index is 0.0664. The number of β-lactam (4-membered cyclic amide) rings is 1. The molecule has 1 saturated heterocycles. The minimum Gasteiger partial charge on any atom is -0.497 e. The number of carbonyl (C=O) groups excluding carboxylic acids is 2. The molecular weight excluding hydrogens is 491 g/mol. The molecule has 6 nitrogen and oxygen atoms in total. The fraction of sp³-hybridized carbons (Fsp3) is 0.273. The topological polar surface area (TPSA) is 81.9 Å². The minimum atomic E-state index is -0.627. The Hall–Kier alpha value is -1.84. The zero-order valence-corrected chi connectivity index (χ0v) is 20.4. The predicted octanol–water partition coefficient (Wildman–Crippen LogP) is 4.60. The van der Waals surface area contributed by atoms with Crippen molar-refractivity contribution in [2.45, 2.75) is 29.8 Å². The van der Waals surface area contributed by atoms with Crippen LogP contribution in [0.2, 0.25) is 10.0 Å². The zero-order valence-electron chi connectivity index (χ0n) is 17.3. The van der Waals surface area contributed by atoms with Crippen LogP contribution < -0.4 is 10.5 Å². The van der Waals surface area contributed by atoms with Crippen LogP contribution in [0.25, 0.3) is 0 Å². The molecule has 0 aliphatic carbocycles. The van der Waals surface area contributed by atoms with Gasteiger partial charge < -0.3 is 15.2 Å². The molecule has 0 aromatic heterocycles. The first kappa shape index (κ1) is 23.3. The standard InChI is InChI=1S/C22H20Cl2N2O4S2/c1-11-14(23)7-8-15(17(11)24)32-16-10-31-21-18(25)20(27)26(21)19(16)22(28)30-9-12-3-5-13(29-2)6-4-12/h3-8,18,21H,9-10,25H2,1-2H3/t18-,21+/m1/s1. The molecule has 0 bridgehead atoms. The summed E-state index contributed by atoms with van der Waals surface area (Å²) in [7, 11) is 1.58. The maximum atomic E-state index is 13.1. The number of benzene rings is 2. The zero-order chi connectivity index (χ0) is 23.0. The lowest BCUT2D eigenvalue weighted by molar-refractivity contribution is -0.151. The number of thioether (sulfide) groups is 2. The van der Waals surface area contributed by atoms with Gasteiger partial charge in [0.1, 0.15) is 29.5 Å². The first-order valence-electron chi connectivity index (χ1n) is 9.67. The third kappa shape index (κ3) is 4.34. The molecule has 168 valence electrons. The number of rotatable bonds is 6. The number of methoxy groups -OCH3 is 1. The van der Waals surface area contributed by atoms with Gasteiger partial charge in [0.2, 0.25) is 5.91 Å². The second-order valence-electron chi connectivity index (χ2n) is 7.22. The number of ether oxygens (including phenoxy) is 2. The molecule has 32 heavy (non-hydrogen) atoms. The summed E-state index contributed by atoms with van der Waals surface area (Å²) in [6.45, 7) is 1.90. The van der Waals surface area contributed by atoms with Gasteiger partial charge in [0, 0.05) is 20.6 Å². The summed E-state index contributed by atoms with van der Waals surface area (Å²) >= 11 is 15.5. The van der Waals surface area contributed by atoms with Crippen LogP contribution in [0, 0.1) is 6.92 Å². The first-order chi connectivity index (χ1) is 15.3. The molecule has 2 aliphatic rings. The Balaban J connectivity index is 1.61. The van der Waals surface area contributed by atoms with Crippen molar-refractivity contribution < 1.29 is 19.1 Å². The molecular formula is C22H20Cl2N2O4S2. The third-order valence-corrected chi connectivity index (χ3v) is 8.85. The molecule has 1 fully saturated rings. The van der Waals surface area contributed by atoms with Crippen molar-refractivity contribution in [1.29, 1.82) is 0 Å². The Labute approximate surface area is 204 Å². The van der Waals surface area contributed by atoms with E-state index in [1.807, 2.05) is 19.1 Å². The second-order valence-corrected chi connectivity index (χ2v) is 10.2. The van der Waals surface area contributed by atoms with E-state index in [2.05, 4.69) is 0 Å². The monoisotopic (exact) mass is 510 g/mol. The number of fused-ring (bicyclic) bond motifs is 1. The van der Waals surface area contributed by atoms with E-state index < -0.39 is 12.0 Å². The van der Waals surface area contributed by atoms with Gasteiger partial charge >= 0.3 is 5.97 Å². The molecule has 0 unspecified atom stereocenters. The van der Waals surface area contributed by atoms with Crippen LogP contribution in [0.4, 0.5) is 0 Å². The molecule has 0 saturated carbocycles. The van der Waals surface area contributed by atoms with Crippen LogP contribution in [0.15, 0.2) is 51.9 Å². The SMILES string of the molecule is COc1ccc(COC(=O)C2=C(Sc3ccc(Cl)c(C)c3Cl)CS[C@H]3[C@H](N)C(=O)N23)cc1. The van der Waals surface area contributed by atoms with Gasteiger partial charge in [0.25, 0.3) is 0 Å². The number of hydrogen-bond acceptors (Lipinski definition) is 7. The van der Waals surface area contributed by atoms with E-state index in [4.69, 9.17) is 38.4 Å². The number of halogens is 2. The Morgan fingerprint density at radius 2 is 1.97 bits per heavy atom. The van der Waals surface area contributed by atoms with E-state index in [0.29, 0.717) is 26.5 Å². The summed E-state index contributed by atoms with van der Waals surface area (Å²) in [6.07, 6.45) is 0. The molecule has 2 heterocycles. The molecule has 2 aromatic carbocycles. The number of nitrogens with zero attached hydrogens (tertiary/aromatic N) is 1. The summed E-state index contributed by atoms with van der Waals surface area (Å²) in [6, 6.07) is 10.2. The molecule has 2 aliphatic heterocycles. The lowest BCUT2D eigenvalue weighted by Gasteiger charge is -2.48. The number of esters is 1. The van der Waals surface area contributed by atoms with Gasteiger partial charge in [0.05, 0.1) is 12.1 Å². The Morgan fingerprint density at radius 3 is 2.66 bits per heavy atom. The maximum Gasteiger partial charge on any atom is 0.356 e. The van der Waals surface area contributed by atoms with Crippen molar-refractivity contribution in [3.05, 3.63) is 68.2 Å². The van der Waals surface area contributed by atoms with E-state index >= 15 is 0 Å². The summed E-state index contributed by atoms with van der Waals surface area (Å²) in [5, 5.41) is 0.798. The van der Waals surface area contributed by atoms with E-state index in [-0.39, 0.29) is 23.6 Å². The van der Waals surface area contributed by atoms with E-state index in [0.717, 1.165) is 16.0 Å². The average Bonchev–Trinajstić information content (AvgIpc) is 2.82. The van der Waals surface area contributed by atoms with Crippen molar-refractivity contribution in [3.8, 4) is 5.75 Å². The van der Waals surface area contributed by atoms with Gasteiger partial charge in [-0.3, -0.25) is 9.69 Å². The van der Waals surface area contributed by atoms with Crippen LogP contribution >= 0.6 is 46.7 Å². The van der Waals surface area contributed by atoms with E-state index in [9.17, 15) is 9.59 Å². The Morgan fingerprint density at radius 1 is 1.25 bits per heavy atom. The van der Waals surface area contributed by atoms with Crippen molar-refractivity contribution in [3.63, 3.8) is 0 Å². The highest BCUT2D eigenvalue weighted by molar-refractivity contribution is 8.06. The molecule has 2 aromatic rings. The molecule has 1 amide bonds. The summed E-state index contributed by atoms with van der Waals surface area (Å²) < 4.78 is 10.7. The van der Waals surface area contributed by atoms with Crippen LogP contribution in [0.3, 0.4) is 0 Å². The highest BCUT2D eigenvalue weighted by Crippen LogP contribution is 2.46. The highest BCUT2D eigenvalue weighted by Gasteiger charge is 2.52. The average molecular weight is 511 g/mol.